The zero-order chi connectivity index (χ0) is 21.2. The van der Waals surface area contributed by atoms with E-state index in [1.54, 1.807) is 6.07 Å². The Morgan fingerprint density at radius 2 is 1.79 bits per heavy atom. The number of carbonyl (C=O) groups is 1. The third kappa shape index (κ3) is 6.51. The van der Waals surface area contributed by atoms with E-state index >= 15 is 0 Å². The predicted molar refractivity (Wildman–Crippen MR) is 112 cm³/mol. The number of nitrogens with one attached hydrogen (secondary N) is 1. The number of methoxy groups -OCH3 is 2. The van der Waals surface area contributed by atoms with Gasteiger partial charge in [-0.25, -0.2) is 4.79 Å². The van der Waals surface area contributed by atoms with Crippen LogP contribution in [0.5, 0.6) is 5.75 Å². The quantitative estimate of drug-likeness (QED) is 0.473. The molecule has 29 heavy (non-hydrogen) atoms. The highest BCUT2D eigenvalue weighted by atomic mass is 16.6. The minimum Gasteiger partial charge on any atom is -0.491 e. The second kappa shape index (κ2) is 11.1. The van der Waals surface area contributed by atoms with Crippen molar-refractivity contribution in [1.82, 2.24) is 5.48 Å². The topological polar surface area (TPSA) is 69.3 Å². The Morgan fingerprint density at radius 1 is 1.10 bits per heavy atom. The van der Waals surface area contributed by atoms with Gasteiger partial charge in [0.25, 0.3) is 0 Å². The number of carbonyl (C=O) groups excluding carboxylic acids is 1. The van der Waals surface area contributed by atoms with Gasteiger partial charge >= 0.3 is 6.09 Å². The number of hydrogen-bond acceptors (Lipinski definition) is 6. The molecule has 0 bridgehead atoms. The van der Waals surface area contributed by atoms with Crippen molar-refractivity contribution in [2.75, 3.05) is 25.9 Å². The number of anilines is 1. The molecule has 0 aliphatic heterocycles. The molecule has 0 atom stereocenters. The van der Waals surface area contributed by atoms with E-state index in [1.165, 1.54) is 19.1 Å². The van der Waals surface area contributed by atoms with Gasteiger partial charge in [0.2, 0.25) is 0 Å². The molecule has 2 aromatic carbocycles. The number of amides is 1. The van der Waals surface area contributed by atoms with Crippen molar-refractivity contribution in [3.63, 3.8) is 0 Å². The van der Waals surface area contributed by atoms with Gasteiger partial charge in [-0.15, -0.1) is 0 Å². The number of benzene rings is 2. The van der Waals surface area contributed by atoms with Crippen LogP contribution in [-0.2, 0) is 20.9 Å². The lowest BCUT2D eigenvalue weighted by molar-refractivity contribution is 0.0648. The smallest absolute Gasteiger partial charge is 0.415 e. The molecule has 156 valence electrons. The van der Waals surface area contributed by atoms with Crippen LogP contribution < -0.4 is 15.1 Å². The van der Waals surface area contributed by atoms with Gasteiger partial charge in [-0.05, 0) is 49.7 Å². The molecule has 7 heteroatoms. The molecule has 0 aliphatic rings. The van der Waals surface area contributed by atoms with Gasteiger partial charge in [0.05, 0.1) is 24.6 Å². The summed E-state index contributed by atoms with van der Waals surface area (Å²) in [6.07, 6.45) is -0.395. The Balaban J connectivity index is 2.00. The van der Waals surface area contributed by atoms with Crippen LogP contribution >= 0.6 is 0 Å². The molecule has 0 fully saturated rings. The maximum atomic E-state index is 12.1. The molecule has 0 spiro atoms. The highest BCUT2D eigenvalue weighted by molar-refractivity contribution is 5.88. The zero-order valence-corrected chi connectivity index (χ0v) is 17.3. The van der Waals surface area contributed by atoms with Crippen LogP contribution in [-0.4, -0.2) is 33.1 Å². The maximum Gasteiger partial charge on any atom is 0.415 e. The van der Waals surface area contributed by atoms with Crippen LogP contribution in [0.3, 0.4) is 0 Å². The van der Waals surface area contributed by atoms with Crippen molar-refractivity contribution < 1.29 is 23.8 Å². The minimum absolute atomic E-state index is 0.0641. The van der Waals surface area contributed by atoms with Crippen LogP contribution in [0.4, 0.5) is 10.5 Å². The second-order valence-corrected chi connectivity index (χ2v) is 6.50. The number of hydroxylamine groups is 1. The van der Waals surface area contributed by atoms with E-state index < -0.39 is 6.09 Å². The Hall–Kier alpha value is -3.03. The fraction of sp³-hybridized carbons (Fsp3) is 0.318. The lowest BCUT2D eigenvalue weighted by Crippen LogP contribution is -2.33. The number of rotatable bonds is 10. The highest BCUT2D eigenvalue weighted by Gasteiger charge is 2.19. The molecule has 1 N–H and O–H groups in total. The summed E-state index contributed by atoms with van der Waals surface area (Å²) in [6.45, 7) is 8.23. The van der Waals surface area contributed by atoms with Crippen molar-refractivity contribution in [3.8, 4) is 5.75 Å². The number of hydrogen-bond donors (Lipinski definition) is 1. The van der Waals surface area contributed by atoms with Gasteiger partial charge < -0.3 is 14.2 Å². The third-order valence-electron chi connectivity index (χ3n) is 3.93. The largest absolute Gasteiger partial charge is 0.491 e. The van der Waals surface area contributed by atoms with Gasteiger partial charge in [0.15, 0.2) is 0 Å². The van der Waals surface area contributed by atoms with E-state index in [2.05, 4.69) is 12.1 Å². The number of nitrogens with zero attached hydrogens (tertiary/aromatic N) is 1. The molecular weight excluding hydrogens is 372 g/mol. The molecule has 7 nitrogen and oxygen atoms in total. The number of para-hydroxylation sites is 1. The van der Waals surface area contributed by atoms with Gasteiger partial charge in [0.1, 0.15) is 19.1 Å². The van der Waals surface area contributed by atoms with Crippen LogP contribution in [0.15, 0.2) is 55.1 Å². The molecule has 0 unspecified atom stereocenters. The molecule has 0 saturated heterocycles. The van der Waals surface area contributed by atoms with E-state index in [1.807, 2.05) is 56.3 Å². The SMILES string of the molecule is C=C(NOCc1ccccc1N(COC)C(=O)OC)c1ccc(OC(C)C)cc1. The van der Waals surface area contributed by atoms with Crippen LogP contribution in [0.2, 0.25) is 0 Å². The summed E-state index contributed by atoms with van der Waals surface area (Å²) < 4.78 is 15.6. The first-order valence-electron chi connectivity index (χ1n) is 9.22. The Labute approximate surface area is 171 Å². The van der Waals surface area contributed by atoms with E-state index in [9.17, 15) is 4.79 Å². The lowest BCUT2D eigenvalue weighted by atomic mass is 10.1. The van der Waals surface area contributed by atoms with Crippen LogP contribution in [0.1, 0.15) is 25.0 Å². The normalized spacial score (nSPS) is 10.5. The molecule has 0 aliphatic carbocycles. The molecule has 0 saturated carbocycles. The van der Waals surface area contributed by atoms with Gasteiger partial charge in [-0.1, -0.05) is 24.8 Å². The predicted octanol–water partition coefficient (Wildman–Crippen LogP) is 4.34. The fourth-order valence-corrected chi connectivity index (χ4v) is 2.62. The second-order valence-electron chi connectivity index (χ2n) is 6.50. The van der Waals surface area contributed by atoms with E-state index in [0.29, 0.717) is 11.4 Å². The fourth-order valence-electron chi connectivity index (χ4n) is 2.62. The van der Waals surface area contributed by atoms with Gasteiger partial charge in [-0.2, -0.15) is 0 Å². The van der Waals surface area contributed by atoms with Crippen LogP contribution in [0, 0.1) is 0 Å². The Kier molecular flexibility index (Phi) is 8.51. The lowest BCUT2D eigenvalue weighted by Gasteiger charge is -2.23. The molecule has 0 heterocycles. The molecular formula is C22H28N2O5. The molecule has 0 radical (unpaired) electrons. The minimum atomic E-state index is -0.514. The Morgan fingerprint density at radius 3 is 2.41 bits per heavy atom. The summed E-state index contributed by atoms with van der Waals surface area (Å²) >= 11 is 0. The van der Waals surface area contributed by atoms with Crippen molar-refractivity contribution >= 4 is 17.5 Å². The number of ether oxygens (including phenoxy) is 3. The van der Waals surface area contributed by atoms with Gasteiger partial charge in [-0.3, -0.25) is 15.2 Å². The Bertz CT molecular complexity index is 805. The summed E-state index contributed by atoms with van der Waals surface area (Å²) in [6, 6.07) is 14.9. The average Bonchev–Trinajstić information content (AvgIpc) is 2.72. The highest BCUT2D eigenvalue weighted by Crippen LogP contribution is 2.22. The first kappa shape index (κ1) is 22.3. The monoisotopic (exact) mass is 400 g/mol. The summed E-state index contributed by atoms with van der Waals surface area (Å²) in [7, 11) is 2.84. The molecule has 0 aromatic heterocycles. The summed E-state index contributed by atoms with van der Waals surface area (Å²) in [5.41, 5.74) is 5.77. The first-order valence-corrected chi connectivity index (χ1v) is 9.22. The van der Waals surface area contributed by atoms with Crippen molar-refractivity contribution in [2.24, 2.45) is 0 Å². The summed E-state index contributed by atoms with van der Waals surface area (Å²) in [5, 5.41) is 0. The zero-order valence-electron chi connectivity index (χ0n) is 17.3. The van der Waals surface area contributed by atoms with Crippen molar-refractivity contribution in [2.45, 2.75) is 26.6 Å². The van der Waals surface area contributed by atoms with E-state index in [4.69, 9.17) is 19.0 Å². The molecule has 2 rings (SSSR count). The van der Waals surface area contributed by atoms with E-state index in [-0.39, 0.29) is 19.4 Å². The average molecular weight is 400 g/mol. The summed E-state index contributed by atoms with van der Waals surface area (Å²) in [4.78, 5) is 19.1. The van der Waals surface area contributed by atoms with E-state index in [0.717, 1.165) is 16.9 Å². The third-order valence-corrected chi connectivity index (χ3v) is 3.93. The van der Waals surface area contributed by atoms with Crippen LogP contribution in [0.25, 0.3) is 5.70 Å². The maximum absolute atomic E-state index is 12.1. The summed E-state index contributed by atoms with van der Waals surface area (Å²) in [5.74, 6) is 0.799. The molecule has 2 aromatic rings. The first-order chi connectivity index (χ1) is 14.0. The standard InChI is InChI=1S/C22H28N2O5/c1-16(2)29-20-12-10-18(11-13-20)17(3)23-28-14-19-8-6-7-9-21(19)24(15-26-4)22(25)27-5/h6-13,16,23H,3,14-15H2,1-2,4-5H3. The van der Waals surface area contributed by atoms with Crippen molar-refractivity contribution in [1.29, 1.82) is 0 Å². The van der Waals surface area contributed by atoms with Gasteiger partial charge in [0, 0.05) is 12.7 Å². The molecule has 1 amide bonds. The van der Waals surface area contributed by atoms with Crippen molar-refractivity contribution in [3.05, 3.63) is 66.2 Å².